The highest BCUT2D eigenvalue weighted by Gasteiger charge is 2.17. The molecule has 148 valence electrons. The van der Waals surface area contributed by atoms with E-state index >= 15 is 0 Å². The second-order valence-corrected chi connectivity index (χ2v) is 6.55. The Morgan fingerprint density at radius 1 is 1.30 bits per heavy atom. The molecule has 0 aliphatic heterocycles. The number of nitrogens with one attached hydrogen (secondary N) is 2. The van der Waals surface area contributed by atoms with Gasteiger partial charge >= 0.3 is 0 Å². The Morgan fingerprint density at radius 2 is 2.04 bits per heavy atom. The maximum Gasteiger partial charge on any atom is 0.239 e. The standard InChI is InChI=1S/C17H22ClN5O3.ClH/c1-10(2)15(19)17(25)21-9-13(24)20-7-6-14-22-16(23-26-14)11-4-3-5-12(18)8-11;/h3-5,8,10,15H,6-7,9,19H2,1-2H3,(H,20,24)(H,21,25);1H/t15-;/m0./s1. The monoisotopic (exact) mass is 415 g/mol. The molecule has 4 N–H and O–H groups in total. The van der Waals surface area contributed by atoms with Crippen LogP contribution in [0.5, 0.6) is 0 Å². The van der Waals surface area contributed by atoms with E-state index in [0.717, 1.165) is 5.56 Å². The Hall–Kier alpha value is -2.16. The van der Waals surface area contributed by atoms with Crippen molar-refractivity contribution in [1.29, 1.82) is 0 Å². The molecule has 0 fully saturated rings. The van der Waals surface area contributed by atoms with Crippen LogP contribution in [0, 0.1) is 5.92 Å². The quantitative estimate of drug-likeness (QED) is 0.600. The number of amides is 2. The van der Waals surface area contributed by atoms with Crippen LogP contribution < -0.4 is 16.4 Å². The van der Waals surface area contributed by atoms with Crippen LogP contribution in [0.25, 0.3) is 11.4 Å². The molecular weight excluding hydrogens is 393 g/mol. The summed E-state index contributed by atoms with van der Waals surface area (Å²) in [7, 11) is 0. The van der Waals surface area contributed by atoms with Crippen LogP contribution >= 0.6 is 24.0 Å². The first-order valence-corrected chi connectivity index (χ1v) is 8.63. The lowest BCUT2D eigenvalue weighted by molar-refractivity contribution is -0.127. The molecule has 2 rings (SSSR count). The van der Waals surface area contributed by atoms with E-state index in [1.807, 2.05) is 19.9 Å². The summed E-state index contributed by atoms with van der Waals surface area (Å²) in [6, 6.07) is 6.49. The van der Waals surface area contributed by atoms with Crippen LogP contribution in [0.2, 0.25) is 5.02 Å². The molecule has 1 atom stereocenters. The van der Waals surface area contributed by atoms with Crippen LogP contribution in [-0.2, 0) is 16.0 Å². The minimum Gasteiger partial charge on any atom is -0.354 e. The average Bonchev–Trinajstić information content (AvgIpc) is 3.08. The third-order valence-corrected chi connectivity index (χ3v) is 3.89. The third-order valence-electron chi connectivity index (χ3n) is 3.66. The molecule has 2 aromatic rings. The van der Waals surface area contributed by atoms with Gasteiger partial charge in [0.2, 0.25) is 23.5 Å². The Kier molecular flexibility index (Phi) is 9.20. The molecule has 1 aromatic heterocycles. The Bertz CT molecular complexity index is 767. The van der Waals surface area contributed by atoms with Gasteiger partial charge in [0.05, 0.1) is 12.6 Å². The van der Waals surface area contributed by atoms with Gasteiger partial charge in [-0.05, 0) is 18.1 Å². The molecule has 10 heteroatoms. The van der Waals surface area contributed by atoms with Gasteiger partial charge in [0.25, 0.3) is 0 Å². The maximum atomic E-state index is 11.7. The second kappa shape index (κ2) is 10.9. The number of carbonyl (C=O) groups excluding carboxylic acids is 2. The fourth-order valence-electron chi connectivity index (χ4n) is 2.06. The van der Waals surface area contributed by atoms with Crippen molar-refractivity contribution in [2.75, 3.05) is 13.1 Å². The van der Waals surface area contributed by atoms with Gasteiger partial charge in [0.1, 0.15) is 0 Å². The van der Waals surface area contributed by atoms with E-state index < -0.39 is 6.04 Å². The number of hydrogen-bond acceptors (Lipinski definition) is 6. The van der Waals surface area contributed by atoms with Crippen molar-refractivity contribution in [3.63, 3.8) is 0 Å². The number of nitrogens with zero attached hydrogens (tertiary/aromatic N) is 2. The average molecular weight is 416 g/mol. The van der Waals surface area contributed by atoms with Gasteiger partial charge in [-0.3, -0.25) is 9.59 Å². The van der Waals surface area contributed by atoms with Gasteiger partial charge in [-0.15, -0.1) is 12.4 Å². The lowest BCUT2D eigenvalue weighted by Crippen LogP contribution is -2.47. The van der Waals surface area contributed by atoms with Crippen LogP contribution in [0.3, 0.4) is 0 Å². The molecule has 0 aliphatic carbocycles. The molecular formula is C17H23Cl2N5O3. The van der Waals surface area contributed by atoms with Crippen LogP contribution in [0.15, 0.2) is 28.8 Å². The summed E-state index contributed by atoms with van der Waals surface area (Å²) in [6.07, 6.45) is 0.374. The van der Waals surface area contributed by atoms with Crippen LogP contribution in [0.1, 0.15) is 19.7 Å². The first-order chi connectivity index (χ1) is 12.4. The molecule has 0 aliphatic rings. The summed E-state index contributed by atoms with van der Waals surface area (Å²) in [5, 5.41) is 9.65. The minimum absolute atomic E-state index is 0. The topological polar surface area (TPSA) is 123 Å². The number of hydrogen-bond donors (Lipinski definition) is 3. The second-order valence-electron chi connectivity index (χ2n) is 6.11. The molecule has 0 bridgehead atoms. The van der Waals surface area contributed by atoms with Gasteiger partial charge in [-0.25, -0.2) is 0 Å². The van der Waals surface area contributed by atoms with Gasteiger partial charge in [-0.1, -0.05) is 42.7 Å². The smallest absolute Gasteiger partial charge is 0.239 e. The predicted molar refractivity (Wildman–Crippen MR) is 105 cm³/mol. The summed E-state index contributed by atoms with van der Waals surface area (Å²) >= 11 is 5.94. The number of aromatic nitrogens is 2. The summed E-state index contributed by atoms with van der Waals surface area (Å²) in [6.45, 7) is 3.86. The molecule has 2 amide bonds. The summed E-state index contributed by atoms with van der Waals surface area (Å²) in [5.74, 6) is 0.168. The van der Waals surface area contributed by atoms with Crippen molar-refractivity contribution in [2.24, 2.45) is 11.7 Å². The molecule has 1 aromatic carbocycles. The van der Waals surface area contributed by atoms with E-state index in [-0.39, 0.29) is 36.7 Å². The normalized spacial score (nSPS) is 11.6. The molecule has 1 heterocycles. The minimum atomic E-state index is -0.633. The highest BCUT2D eigenvalue weighted by Crippen LogP contribution is 2.19. The molecule has 0 unspecified atom stereocenters. The lowest BCUT2D eigenvalue weighted by atomic mass is 10.1. The van der Waals surface area contributed by atoms with Crippen LogP contribution in [0.4, 0.5) is 0 Å². The van der Waals surface area contributed by atoms with E-state index in [1.54, 1.807) is 18.2 Å². The zero-order chi connectivity index (χ0) is 19.1. The molecule has 0 saturated carbocycles. The Labute approximate surface area is 168 Å². The largest absolute Gasteiger partial charge is 0.354 e. The van der Waals surface area contributed by atoms with Crippen molar-refractivity contribution < 1.29 is 14.1 Å². The fourth-order valence-corrected chi connectivity index (χ4v) is 2.25. The van der Waals surface area contributed by atoms with Crippen molar-refractivity contribution in [3.05, 3.63) is 35.2 Å². The zero-order valence-electron chi connectivity index (χ0n) is 15.1. The van der Waals surface area contributed by atoms with E-state index in [2.05, 4.69) is 20.8 Å². The lowest BCUT2D eigenvalue weighted by Gasteiger charge is -2.14. The summed E-state index contributed by atoms with van der Waals surface area (Å²) < 4.78 is 5.15. The first kappa shape index (κ1) is 22.9. The fraction of sp³-hybridized carbons (Fsp3) is 0.412. The first-order valence-electron chi connectivity index (χ1n) is 8.25. The summed E-state index contributed by atoms with van der Waals surface area (Å²) in [5.41, 5.74) is 6.45. The Balaban J connectivity index is 0.00000364. The molecule has 0 spiro atoms. The summed E-state index contributed by atoms with van der Waals surface area (Å²) in [4.78, 5) is 27.7. The molecule has 0 radical (unpaired) electrons. The zero-order valence-corrected chi connectivity index (χ0v) is 16.6. The van der Waals surface area contributed by atoms with Crippen LogP contribution in [-0.4, -0.2) is 41.1 Å². The predicted octanol–water partition coefficient (Wildman–Crippen LogP) is 1.57. The maximum absolute atomic E-state index is 11.7. The number of nitrogens with two attached hydrogens (primary N) is 1. The van der Waals surface area contributed by atoms with E-state index in [1.165, 1.54) is 0 Å². The molecule has 27 heavy (non-hydrogen) atoms. The molecule has 8 nitrogen and oxygen atoms in total. The van der Waals surface area contributed by atoms with E-state index in [4.69, 9.17) is 21.9 Å². The van der Waals surface area contributed by atoms with Gasteiger partial charge < -0.3 is 20.9 Å². The number of benzene rings is 1. The Morgan fingerprint density at radius 3 is 2.70 bits per heavy atom. The third kappa shape index (κ3) is 7.16. The van der Waals surface area contributed by atoms with E-state index in [0.29, 0.717) is 29.7 Å². The number of carbonyl (C=O) groups is 2. The van der Waals surface area contributed by atoms with Gasteiger partial charge in [0.15, 0.2) is 0 Å². The van der Waals surface area contributed by atoms with Gasteiger partial charge in [-0.2, -0.15) is 4.98 Å². The molecule has 0 saturated heterocycles. The van der Waals surface area contributed by atoms with Crippen molar-refractivity contribution >= 4 is 35.8 Å². The number of rotatable bonds is 8. The number of halogens is 2. The van der Waals surface area contributed by atoms with Gasteiger partial charge in [0, 0.05) is 23.6 Å². The van der Waals surface area contributed by atoms with Crippen molar-refractivity contribution in [2.45, 2.75) is 26.3 Å². The van der Waals surface area contributed by atoms with E-state index in [9.17, 15) is 9.59 Å². The highest BCUT2D eigenvalue weighted by atomic mass is 35.5. The highest BCUT2D eigenvalue weighted by molar-refractivity contribution is 6.30. The SMILES string of the molecule is CC(C)[C@H](N)C(=O)NCC(=O)NCCc1nc(-c2cccc(Cl)c2)no1.Cl. The van der Waals surface area contributed by atoms with Crippen molar-refractivity contribution in [3.8, 4) is 11.4 Å². The van der Waals surface area contributed by atoms with Crippen molar-refractivity contribution in [1.82, 2.24) is 20.8 Å².